The van der Waals surface area contributed by atoms with Crippen molar-refractivity contribution in [3.05, 3.63) is 178 Å². The summed E-state index contributed by atoms with van der Waals surface area (Å²) in [5.41, 5.74) is 18.8. The molecule has 0 saturated carbocycles. The summed E-state index contributed by atoms with van der Waals surface area (Å²) in [5.74, 6) is 0. The number of nitrogens with zero attached hydrogens (tertiary/aromatic N) is 2. The molecule has 2 heterocycles. The van der Waals surface area contributed by atoms with Crippen LogP contribution in [0, 0.1) is 0 Å². The summed E-state index contributed by atoms with van der Waals surface area (Å²) >= 11 is -1.29. The van der Waals surface area contributed by atoms with Gasteiger partial charge in [-0.15, -0.1) is 0 Å². The van der Waals surface area contributed by atoms with E-state index in [0.717, 1.165) is 24.2 Å². The number of hydrogen-bond donors (Lipinski definition) is 0. The number of pyridine rings is 2. The molecule has 6 aromatic rings. The van der Waals surface area contributed by atoms with Gasteiger partial charge in [0.25, 0.3) is 0 Å². The monoisotopic (exact) mass is 864 g/mol. The largest absolute Gasteiger partial charge is 1.00 e. The van der Waals surface area contributed by atoms with Crippen molar-refractivity contribution in [1.82, 2.24) is 9.97 Å². The van der Waals surface area contributed by atoms with Crippen LogP contribution < -0.4 is 24.8 Å². The van der Waals surface area contributed by atoms with E-state index >= 15 is 0 Å². The Morgan fingerprint density at radius 2 is 0.895 bits per heavy atom. The summed E-state index contributed by atoms with van der Waals surface area (Å²) in [4.78, 5) is 9.93. The molecule has 2 atom stereocenters. The molecular weight excluding hydrogens is 815 g/mol. The second kappa shape index (κ2) is 20.7. The van der Waals surface area contributed by atoms with Crippen molar-refractivity contribution in [3.63, 3.8) is 0 Å². The number of fused-ring (bicyclic) bond motifs is 2. The van der Waals surface area contributed by atoms with Crippen LogP contribution in [-0.2, 0) is 36.1 Å². The van der Waals surface area contributed by atoms with E-state index in [1.807, 2.05) is 24.5 Å². The molecule has 4 aromatic carbocycles. The smallest absolute Gasteiger partial charge is 1.00 e. The molecule has 0 fully saturated rings. The molecule has 0 bridgehead atoms. The van der Waals surface area contributed by atoms with E-state index in [-0.39, 0.29) is 24.8 Å². The van der Waals surface area contributed by atoms with E-state index in [9.17, 15) is 0 Å². The molecule has 2 aromatic heterocycles. The Bertz CT molecular complexity index is 2100. The van der Waals surface area contributed by atoms with E-state index < -0.39 is 23.2 Å². The van der Waals surface area contributed by atoms with Crippen molar-refractivity contribution >= 4 is 23.3 Å². The van der Waals surface area contributed by atoms with E-state index in [2.05, 4.69) is 135 Å². The molecule has 57 heavy (non-hydrogen) atoms. The molecule has 0 N–H and O–H groups in total. The summed E-state index contributed by atoms with van der Waals surface area (Å²) < 4.78 is 0.704. The third-order valence-electron chi connectivity index (χ3n) is 11.5. The summed E-state index contributed by atoms with van der Waals surface area (Å²) in [6.45, 7) is 4.56. The quantitative estimate of drug-likeness (QED) is 0.0922. The van der Waals surface area contributed by atoms with Gasteiger partial charge in [0.05, 0.1) is 0 Å². The van der Waals surface area contributed by atoms with E-state index in [0.29, 0.717) is 7.25 Å². The van der Waals surface area contributed by atoms with Gasteiger partial charge in [0, 0.05) is 0 Å². The number of aryl methyl sites for hydroxylation is 2. The fourth-order valence-electron chi connectivity index (χ4n) is 8.56. The zero-order chi connectivity index (χ0) is 37.4. The van der Waals surface area contributed by atoms with Gasteiger partial charge in [0.1, 0.15) is 0 Å². The minimum absolute atomic E-state index is 0. The normalized spacial score (nSPS) is 15.1. The number of aromatic nitrogens is 2. The average Bonchev–Trinajstić information content (AvgIpc) is 3.81. The molecule has 2 aliphatic carbocycles. The molecule has 0 amide bonds. The van der Waals surface area contributed by atoms with Crippen molar-refractivity contribution in [3.8, 4) is 22.3 Å². The predicted molar refractivity (Wildman–Crippen MR) is 229 cm³/mol. The van der Waals surface area contributed by atoms with Gasteiger partial charge in [-0.2, -0.15) is 0 Å². The van der Waals surface area contributed by atoms with Gasteiger partial charge in [0.15, 0.2) is 0 Å². The number of unbranched alkanes of at least 4 members (excludes halogenated alkanes) is 6. The molecule has 5 heteroatoms. The molecule has 2 unspecified atom stereocenters. The van der Waals surface area contributed by atoms with Crippen LogP contribution >= 0.6 is 0 Å². The maximum atomic E-state index is 4.97. The van der Waals surface area contributed by atoms with Crippen molar-refractivity contribution in [2.45, 2.75) is 85.3 Å². The Morgan fingerprint density at radius 3 is 1.28 bits per heavy atom. The summed E-state index contributed by atoms with van der Waals surface area (Å²) in [6, 6.07) is 45.6. The van der Waals surface area contributed by atoms with Crippen LogP contribution in [0.25, 0.3) is 45.6 Å². The molecular formula is C52H52Cl2N2Zr. The Morgan fingerprint density at radius 1 is 0.456 bits per heavy atom. The maximum Gasteiger partial charge on any atom is -1.00 e. The second-order valence-electron chi connectivity index (χ2n) is 15.3. The second-order valence-corrected chi connectivity index (χ2v) is 19.0. The van der Waals surface area contributed by atoms with Crippen molar-refractivity contribution in [1.29, 1.82) is 0 Å². The summed E-state index contributed by atoms with van der Waals surface area (Å²) in [5, 5.41) is 0. The molecule has 0 saturated heterocycles. The van der Waals surface area contributed by atoms with E-state index in [1.54, 1.807) is 0 Å². The zero-order valence-electron chi connectivity index (χ0n) is 33.2. The third-order valence-corrected chi connectivity index (χ3v) is 16.2. The van der Waals surface area contributed by atoms with Gasteiger partial charge in [0.2, 0.25) is 0 Å². The summed E-state index contributed by atoms with van der Waals surface area (Å²) in [6.07, 6.45) is 21.6. The first-order chi connectivity index (χ1) is 27.2. The molecule has 8 rings (SSSR count). The minimum Gasteiger partial charge on any atom is -1.00 e. The fraction of sp³-hybridized carbons (Fsp3) is 0.269. The van der Waals surface area contributed by atoms with Crippen LogP contribution in [0.5, 0.6) is 0 Å². The standard InChI is InChI=1S/2C26H26N.2ClH.Zr/c2*1-2-3-4-5-9-20-13-15-21(16-14-20)24-11-8-10-22-18-23(19-25(22)24)26-12-6-7-17-27-26;;;/h2*6-8,10-19H,2-5,9H2,1H3;2*1H;/q;;;;+2/p-2. The predicted octanol–water partition coefficient (Wildman–Crippen LogP) is 8.04. The van der Waals surface area contributed by atoms with Gasteiger partial charge in [-0.3, -0.25) is 0 Å². The Balaban J connectivity index is 0.00000275. The van der Waals surface area contributed by atoms with Crippen LogP contribution in [0.15, 0.2) is 134 Å². The minimum atomic E-state index is -1.29. The van der Waals surface area contributed by atoms with Crippen LogP contribution in [0.3, 0.4) is 0 Å². The van der Waals surface area contributed by atoms with Crippen LogP contribution in [-0.4, -0.2) is 9.97 Å². The van der Waals surface area contributed by atoms with Crippen LogP contribution in [0.4, 0.5) is 0 Å². The Hall–Kier alpha value is -3.88. The molecule has 0 spiro atoms. The van der Waals surface area contributed by atoms with E-state index in [4.69, 9.17) is 9.97 Å². The SMILES string of the molecule is CCCCCCc1ccc(-c2cccc3c2C=C(c2ccccn2)[CH]3[Zr+2][CH]2C(c3ccccn3)=Cc3c(-c4ccc(CCCCCC)cc4)cccc32)cc1.[Cl-].[Cl-]. The summed E-state index contributed by atoms with van der Waals surface area (Å²) in [7, 11) is 0. The number of allylic oxidation sites excluding steroid dienone is 2. The number of halogens is 2. The van der Waals surface area contributed by atoms with Crippen molar-refractivity contribution in [2.75, 3.05) is 0 Å². The van der Waals surface area contributed by atoms with Gasteiger partial charge < -0.3 is 24.8 Å². The van der Waals surface area contributed by atoms with Gasteiger partial charge >= 0.3 is 316 Å². The first-order valence-electron chi connectivity index (χ1n) is 20.7. The number of benzene rings is 4. The Kier molecular flexibility index (Phi) is 15.5. The Labute approximate surface area is 364 Å². The molecule has 2 nitrogen and oxygen atoms in total. The van der Waals surface area contributed by atoms with Gasteiger partial charge in [-0.1, -0.05) is 26.7 Å². The van der Waals surface area contributed by atoms with Crippen molar-refractivity contribution in [2.24, 2.45) is 0 Å². The van der Waals surface area contributed by atoms with Gasteiger partial charge in [-0.05, 0) is 0 Å². The number of rotatable bonds is 16. The van der Waals surface area contributed by atoms with E-state index in [1.165, 1.54) is 118 Å². The average molecular weight is 867 g/mol. The topological polar surface area (TPSA) is 25.8 Å². The van der Waals surface area contributed by atoms with Gasteiger partial charge in [-0.25, -0.2) is 0 Å². The van der Waals surface area contributed by atoms with Crippen molar-refractivity contribution < 1.29 is 48.0 Å². The zero-order valence-corrected chi connectivity index (χ0v) is 37.2. The molecule has 0 radical (unpaired) electrons. The van der Waals surface area contributed by atoms with Crippen LogP contribution in [0.2, 0.25) is 0 Å². The first-order valence-corrected chi connectivity index (χ1v) is 23.5. The first kappa shape index (κ1) is 42.7. The van der Waals surface area contributed by atoms with Crippen LogP contribution in [0.1, 0.15) is 117 Å². The molecule has 2 aliphatic rings. The molecule has 0 aliphatic heterocycles. The third kappa shape index (κ3) is 9.71. The maximum absolute atomic E-state index is 4.97. The fourth-order valence-corrected chi connectivity index (χ4v) is 13.5. The molecule has 288 valence electrons. The number of hydrogen-bond acceptors (Lipinski definition) is 2.